The van der Waals surface area contributed by atoms with Gasteiger partial charge in [0.1, 0.15) is 0 Å². The molecule has 0 aliphatic carbocycles. The summed E-state index contributed by atoms with van der Waals surface area (Å²) in [7, 11) is 0. The van der Waals surface area contributed by atoms with Gasteiger partial charge in [0.25, 0.3) is 0 Å². The zero-order valence-electron chi connectivity index (χ0n) is 6.52. The van der Waals surface area contributed by atoms with Gasteiger partial charge in [0.05, 0.1) is 12.2 Å². The van der Waals surface area contributed by atoms with E-state index in [1.807, 2.05) is 0 Å². The number of alkyl halides is 3. The molecule has 1 rings (SSSR count). The average molecular weight is 184 g/mol. The van der Waals surface area contributed by atoms with Crippen LogP contribution in [0.3, 0.4) is 0 Å². The van der Waals surface area contributed by atoms with Crippen molar-refractivity contribution in [2.24, 2.45) is 0 Å². The third kappa shape index (κ3) is 2.98. The Morgan fingerprint density at radius 3 is 2.50 bits per heavy atom. The van der Waals surface area contributed by atoms with Crippen LogP contribution < -0.4 is 0 Å². The van der Waals surface area contributed by atoms with Crippen molar-refractivity contribution in [1.82, 2.24) is 0 Å². The van der Waals surface area contributed by atoms with Crippen LogP contribution in [0.4, 0.5) is 13.2 Å². The second kappa shape index (κ2) is 3.22. The molecule has 2 nitrogen and oxygen atoms in total. The summed E-state index contributed by atoms with van der Waals surface area (Å²) in [4.78, 5) is 0. The minimum atomic E-state index is -4.18. The molecular formula is C7H11F3O2. The topological polar surface area (TPSA) is 29.5 Å². The molecule has 1 aliphatic rings. The van der Waals surface area contributed by atoms with Crippen molar-refractivity contribution in [2.75, 3.05) is 13.2 Å². The molecular weight excluding hydrogens is 173 g/mol. The van der Waals surface area contributed by atoms with Gasteiger partial charge in [-0.05, 0) is 6.42 Å². The molecule has 0 aromatic carbocycles. The summed E-state index contributed by atoms with van der Waals surface area (Å²) < 4.78 is 40.0. The van der Waals surface area contributed by atoms with E-state index in [1.165, 1.54) is 0 Å². The first-order valence-electron chi connectivity index (χ1n) is 3.78. The minimum absolute atomic E-state index is 0.0308. The van der Waals surface area contributed by atoms with E-state index in [2.05, 4.69) is 0 Å². The highest BCUT2D eigenvalue weighted by molar-refractivity contribution is 4.83. The second-order valence-electron chi connectivity index (χ2n) is 3.14. The van der Waals surface area contributed by atoms with Gasteiger partial charge in [-0.25, -0.2) is 0 Å². The van der Waals surface area contributed by atoms with E-state index in [-0.39, 0.29) is 13.0 Å². The summed E-state index contributed by atoms with van der Waals surface area (Å²) in [5.41, 5.74) is -1.24. The van der Waals surface area contributed by atoms with Crippen LogP contribution in [0.1, 0.15) is 19.3 Å². The van der Waals surface area contributed by atoms with Crippen molar-refractivity contribution in [1.29, 1.82) is 0 Å². The van der Waals surface area contributed by atoms with Crippen LogP contribution >= 0.6 is 0 Å². The lowest BCUT2D eigenvalue weighted by Crippen LogP contribution is -2.30. The fourth-order valence-corrected chi connectivity index (χ4v) is 1.17. The Kier molecular flexibility index (Phi) is 2.63. The predicted octanol–water partition coefficient (Wildman–Crippen LogP) is 1.48. The Morgan fingerprint density at radius 2 is 2.08 bits per heavy atom. The summed E-state index contributed by atoms with van der Waals surface area (Å²) in [6.45, 7) is 0.386. The van der Waals surface area contributed by atoms with Gasteiger partial charge in [-0.1, -0.05) is 0 Å². The third-order valence-corrected chi connectivity index (χ3v) is 1.96. The van der Waals surface area contributed by atoms with E-state index in [4.69, 9.17) is 4.74 Å². The lowest BCUT2D eigenvalue weighted by Gasteiger charge is -2.20. The maximum absolute atomic E-state index is 11.7. The molecule has 0 saturated carbocycles. The van der Waals surface area contributed by atoms with Crippen LogP contribution in [-0.2, 0) is 4.74 Å². The summed E-state index contributed by atoms with van der Waals surface area (Å²) >= 11 is 0. The van der Waals surface area contributed by atoms with Gasteiger partial charge < -0.3 is 9.84 Å². The fourth-order valence-electron chi connectivity index (χ4n) is 1.17. The van der Waals surface area contributed by atoms with Crippen LogP contribution in [-0.4, -0.2) is 30.1 Å². The van der Waals surface area contributed by atoms with Crippen LogP contribution in [0.5, 0.6) is 0 Å². The van der Waals surface area contributed by atoms with Crippen LogP contribution in [0.25, 0.3) is 0 Å². The normalized spacial score (nSPS) is 31.0. The zero-order chi connectivity index (χ0) is 9.24. The van der Waals surface area contributed by atoms with Crippen LogP contribution in [0, 0.1) is 0 Å². The van der Waals surface area contributed by atoms with Crippen LogP contribution in [0.2, 0.25) is 0 Å². The molecule has 1 unspecified atom stereocenters. The number of hydrogen-bond acceptors (Lipinski definition) is 2. The molecule has 0 spiro atoms. The first-order valence-corrected chi connectivity index (χ1v) is 3.78. The second-order valence-corrected chi connectivity index (χ2v) is 3.14. The summed E-state index contributed by atoms with van der Waals surface area (Å²) in [5.74, 6) is 0. The lowest BCUT2D eigenvalue weighted by atomic mass is 9.97. The highest BCUT2D eigenvalue weighted by Crippen LogP contribution is 2.30. The Hall–Kier alpha value is -0.290. The van der Waals surface area contributed by atoms with E-state index in [9.17, 15) is 18.3 Å². The molecule has 72 valence electrons. The Bertz CT molecular complexity index is 149. The van der Waals surface area contributed by atoms with Crippen molar-refractivity contribution in [3.63, 3.8) is 0 Å². The molecule has 1 aliphatic heterocycles. The van der Waals surface area contributed by atoms with Crippen molar-refractivity contribution < 1.29 is 23.0 Å². The Balaban J connectivity index is 2.30. The molecule has 0 aromatic rings. The molecule has 1 saturated heterocycles. The third-order valence-electron chi connectivity index (χ3n) is 1.96. The Morgan fingerprint density at radius 1 is 1.42 bits per heavy atom. The highest BCUT2D eigenvalue weighted by Gasteiger charge is 2.37. The molecule has 5 heteroatoms. The molecule has 12 heavy (non-hydrogen) atoms. The van der Waals surface area contributed by atoms with Gasteiger partial charge in [-0.2, -0.15) is 13.2 Å². The standard InChI is InChI=1S/C7H11F3O2/c8-7(9,10)2-1-6(11)3-4-12-5-6/h11H,1-5H2. The minimum Gasteiger partial charge on any atom is -0.387 e. The highest BCUT2D eigenvalue weighted by atomic mass is 19.4. The van der Waals surface area contributed by atoms with E-state index in [1.54, 1.807) is 0 Å². The molecule has 0 radical (unpaired) electrons. The predicted molar refractivity (Wildman–Crippen MR) is 35.7 cm³/mol. The number of aliphatic hydroxyl groups is 1. The van der Waals surface area contributed by atoms with Gasteiger partial charge >= 0.3 is 6.18 Å². The van der Waals surface area contributed by atoms with Crippen molar-refractivity contribution in [3.8, 4) is 0 Å². The van der Waals surface area contributed by atoms with Gasteiger partial charge in [0.15, 0.2) is 0 Å². The van der Waals surface area contributed by atoms with E-state index in [0.717, 1.165) is 0 Å². The molecule has 1 fully saturated rings. The summed E-state index contributed by atoms with van der Waals surface area (Å²) in [6.07, 6.45) is -5.06. The lowest BCUT2D eigenvalue weighted by molar-refractivity contribution is -0.146. The molecule has 0 amide bonds. The monoisotopic (exact) mass is 184 g/mol. The smallest absolute Gasteiger partial charge is 0.387 e. The van der Waals surface area contributed by atoms with Crippen molar-refractivity contribution >= 4 is 0 Å². The number of ether oxygens (including phenoxy) is 1. The molecule has 1 atom stereocenters. The SMILES string of the molecule is OC1(CCC(F)(F)F)CCOC1. The molecule has 0 aromatic heterocycles. The van der Waals surface area contributed by atoms with Gasteiger partial charge in [-0.3, -0.25) is 0 Å². The van der Waals surface area contributed by atoms with Gasteiger partial charge in [0.2, 0.25) is 0 Å². The summed E-state index contributed by atoms with van der Waals surface area (Å²) in [6, 6.07) is 0. The maximum Gasteiger partial charge on any atom is 0.389 e. The largest absolute Gasteiger partial charge is 0.389 e. The first kappa shape index (κ1) is 9.80. The number of hydrogen-bond donors (Lipinski definition) is 1. The zero-order valence-corrected chi connectivity index (χ0v) is 6.52. The average Bonchev–Trinajstić information content (AvgIpc) is 2.32. The molecule has 1 N–H and O–H groups in total. The van der Waals surface area contributed by atoms with Crippen LogP contribution in [0.15, 0.2) is 0 Å². The molecule has 0 bridgehead atoms. The van der Waals surface area contributed by atoms with E-state index in [0.29, 0.717) is 13.0 Å². The fraction of sp³-hybridized carbons (Fsp3) is 1.00. The quantitative estimate of drug-likeness (QED) is 0.704. The number of halogens is 3. The maximum atomic E-state index is 11.7. The van der Waals surface area contributed by atoms with Crippen molar-refractivity contribution in [3.05, 3.63) is 0 Å². The van der Waals surface area contributed by atoms with Gasteiger partial charge in [0, 0.05) is 19.4 Å². The Labute approximate surface area is 68.3 Å². The van der Waals surface area contributed by atoms with E-state index >= 15 is 0 Å². The molecule has 1 heterocycles. The first-order chi connectivity index (χ1) is 5.41. The van der Waals surface area contributed by atoms with E-state index < -0.39 is 18.2 Å². The summed E-state index contributed by atoms with van der Waals surface area (Å²) in [5, 5.41) is 9.43. The van der Waals surface area contributed by atoms with Gasteiger partial charge in [-0.15, -0.1) is 0 Å². The number of rotatable bonds is 2. The van der Waals surface area contributed by atoms with Crippen molar-refractivity contribution in [2.45, 2.75) is 31.0 Å².